The maximum absolute atomic E-state index is 5.38. The Bertz CT molecular complexity index is 340. The molecule has 3 nitrogen and oxygen atoms in total. The molecule has 0 aliphatic rings. The van der Waals surface area contributed by atoms with Crippen LogP contribution in [0, 0.1) is 13.8 Å². The number of nitrogens with one attached hydrogen (secondary N) is 1. The van der Waals surface area contributed by atoms with Crippen molar-refractivity contribution in [3.8, 4) is 5.75 Å². The Labute approximate surface area is 105 Å². The zero-order chi connectivity index (χ0) is 12.8. The quantitative estimate of drug-likeness (QED) is 0.767. The van der Waals surface area contributed by atoms with Gasteiger partial charge in [0.1, 0.15) is 5.75 Å². The van der Waals surface area contributed by atoms with Crippen LogP contribution in [-0.2, 0) is 0 Å². The summed E-state index contributed by atoms with van der Waals surface area (Å²) in [7, 11) is 5.85. The molecule has 3 heteroatoms. The van der Waals surface area contributed by atoms with E-state index < -0.39 is 0 Å². The summed E-state index contributed by atoms with van der Waals surface area (Å²) in [5.41, 5.74) is 3.66. The van der Waals surface area contributed by atoms with Gasteiger partial charge in [-0.3, -0.25) is 0 Å². The van der Waals surface area contributed by atoms with Gasteiger partial charge in [-0.15, -0.1) is 0 Å². The monoisotopic (exact) mass is 236 g/mol. The van der Waals surface area contributed by atoms with Gasteiger partial charge in [-0.2, -0.15) is 0 Å². The van der Waals surface area contributed by atoms with Crippen molar-refractivity contribution < 1.29 is 4.74 Å². The SMILES string of the molecule is CNCCCN(C)c1cc(C)c(OC)c(C)c1. The first-order chi connectivity index (χ1) is 8.10. The summed E-state index contributed by atoms with van der Waals surface area (Å²) in [6.07, 6.45) is 1.15. The fourth-order valence-corrected chi connectivity index (χ4v) is 2.09. The summed E-state index contributed by atoms with van der Waals surface area (Å²) in [6, 6.07) is 4.37. The molecule has 0 amide bonds. The van der Waals surface area contributed by atoms with E-state index >= 15 is 0 Å². The molecule has 1 N–H and O–H groups in total. The lowest BCUT2D eigenvalue weighted by Gasteiger charge is -2.21. The van der Waals surface area contributed by atoms with Crippen LogP contribution in [0.2, 0.25) is 0 Å². The lowest BCUT2D eigenvalue weighted by molar-refractivity contribution is 0.408. The van der Waals surface area contributed by atoms with E-state index in [1.165, 1.54) is 16.8 Å². The van der Waals surface area contributed by atoms with Crippen LogP contribution in [0.15, 0.2) is 12.1 Å². The molecule has 96 valence electrons. The van der Waals surface area contributed by atoms with Gasteiger partial charge in [0.15, 0.2) is 0 Å². The topological polar surface area (TPSA) is 24.5 Å². The summed E-state index contributed by atoms with van der Waals surface area (Å²) < 4.78 is 5.38. The van der Waals surface area contributed by atoms with Gasteiger partial charge in [0, 0.05) is 19.3 Å². The molecule has 0 aromatic heterocycles. The minimum absolute atomic E-state index is 0.998. The predicted octanol–water partition coefficient (Wildman–Crippen LogP) is 2.36. The molecule has 1 aromatic carbocycles. The van der Waals surface area contributed by atoms with Gasteiger partial charge >= 0.3 is 0 Å². The van der Waals surface area contributed by atoms with Crippen molar-refractivity contribution in [3.05, 3.63) is 23.3 Å². The lowest BCUT2D eigenvalue weighted by atomic mass is 10.1. The third-order valence-electron chi connectivity index (χ3n) is 3.01. The molecular formula is C14H24N2O. The Morgan fingerprint density at radius 2 is 1.82 bits per heavy atom. The molecule has 0 radical (unpaired) electrons. The second-order valence-electron chi connectivity index (χ2n) is 4.49. The van der Waals surface area contributed by atoms with Crippen molar-refractivity contribution in [2.75, 3.05) is 39.2 Å². The number of rotatable bonds is 6. The molecule has 0 saturated carbocycles. The third kappa shape index (κ3) is 3.63. The smallest absolute Gasteiger partial charge is 0.124 e. The standard InChI is InChI=1S/C14H24N2O/c1-11-9-13(10-12(2)14(11)17-5)16(4)8-6-7-15-3/h9-10,15H,6-8H2,1-5H3. The molecule has 17 heavy (non-hydrogen) atoms. The zero-order valence-electron chi connectivity index (χ0n) is 11.6. The van der Waals surface area contributed by atoms with Gasteiger partial charge in [-0.05, 0) is 57.1 Å². The maximum atomic E-state index is 5.38. The number of methoxy groups -OCH3 is 1. The molecule has 1 aromatic rings. The summed E-state index contributed by atoms with van der Waals surface area (Å²) in [5.74, 6) is 0.998. The first-order valence-corrected chi connectivity index (χ1v) is 6.11. The van der Waals surface area contributed by atoms with Crippen molar-refractivity contribution in [3.63, 3.8) is 0 Å². The number of benzene rings is 1. The normalized spacial score (nSPS) is 10.4. The fourth-order valence-electron chi connectivity index (χ4n) is 2.09. The first kappa shape index (κ1) is 13.8. The Morgan fingerprint density at radius 1 is 1.24 bits per heavy atom. The zero-order valence-corrected chi connectivity index (χ0v) is 11.6. The van der Waals surface area contributed by atoms with Crippen molar-refractivity contribution in [1.82, 2.24) is 5.32 Å². The first-order valence-electron chi connectivity index (χ1n) is 6.11. The summed E-state index contributed by atoms with van der Waals surface area (Å²) >= 11 is 0. The van der Waals surface area contributed by atoms with Crippen LogP contribution in [0.3, 0.4) is 0 Å². The van der Waals surface area contributed by atoms with E-state index in [1.807, 2.05) is 7.05 Å². The predicted molar refractivity (Wildman–Crippen MR) is 74.3 cm³/mol. The molecular weight excluding hydrogens is 212 g/mol. The van der Waals surface area contributed by atoms with E-state index in [0.29, 0.717) is 0 Å². The highest BCUT2D eigenvalue weighted by atomic mass is 16.5. The molecule has 0 aliphatic carbocycles. The second kappa shape index (κ2) is 6.50. The van der Waals surface area contributed by atoms with Crippen molar-refractivity contribution in [1.29, 1.82) is 0 Å². The van der Waals surface area contributed by atoms with Crippen LogP contribution < -0.4 is 15.0 Å². The van der Waals surface area contributed by atoms with Crippen LogP contribution in [0.5, 0.6) is 5.75 Å². The number of hydrogen-bond acceptors (Lipinski definition) is 3. The van der Waals surface area contributed by atoms with Crippen LogP contribution in [0.1, 0.15) is 17.5 Å². The number of ether oxygens (including phenoxy) is 1. The fraction of sp³-hybridized carbons (Fsp3) is 0.571. The van der Waals surface area contributed by atoms with E-state index in [4.69, 9.17) is 4.74 Å². The average Bonchev–Trinajstić information content (AvgIpc) is 2.28. The van der Waals surface area contributed by atoms with Crippen molar-refractivity contribution >= 4 is 5.69 Å². The second-order valence-corrected chi connectivity index (χ2v) is 4.49. The van der Waals surface area contributed by atoms with E-state index in [0.717, 1.165) is 25.3 Å². The summed E-state index contributed by atoms with van der Waals surface area (Å²) in [4.78, 5) is 2.29. The van der Waals surface area contributed by atoms with Crippen LogP contribution in [0.4, 0.5) is 5.69 Å². The number of anilines is 1. The van der Waals surface area contributed by atoms with E-state index in [9.17, 15) is 0 Å². The van der Waals surface area contributed by atoms with Crippen molar-refractivity contribution in [2.24, 2.45) is 0 Å². The highest BCUT2D eigenvalue weighted by Crippen LogP contribution is 2.28. The lowest BCUT2D eigenvalue weighted by Crippen LogP contribution is -2.22. The number of nitrogens with zero attached hydrogens (tertiary/aromatic N) is 1. The van der Waals surface area contributed by atoms with Crippen LogP contribution >= 0.6 is 0 Å². The van der Waals surface area contributed by atoms with E-state index in [1.54, 1.807) is 7.11 Å². The molecule has 0 atom stereocenters. The minimum Gasteiger partial charge on any atom is -0.496 e. The molecule has 0 unspecified atom stereocenters. The number of aryl methyl sites for hydroxylation is 2. The minimum atomic E-state index is 0.998. The van der Waals surface area contributed by atoms with Gasteiger partial charge in [0.05, 0.1) is 7.11 Å². The maximum Gasteiger partial charge on any atom is 0.124 e. The molecule has 0 spiro atoms. The Hall–Kier alpha value is -1.22. The number of hydrogen-bond donors (Lipinski definition) is 1. The largest absolute Gasteiger partial charge is 0.496 e. The molecule has 1 rings (SSSR count). The Morgan fingerprint density at radius 3 is 2.29 bits per heavy atom. The Balaban J connectivity index is 2.77. The van der Waals surface area contributed by atoms with Gasteiger partial charge in [-0.25, -0.2) is 0 Å². The molecule has 0 bridgehead atoms. The molecule has 0 fully saturated rings. The van der Waals surface area contributed by atoms with Crippen LogP contribution in [-0.4, -0.2) is 34.3 Å². The molecule has 0 heterocycles. The van der Waals surface area contributed by atoms with Crippen LogP contribution in [0.25, 0.3) is 0 Å². The molecule has 0 aliphatic heterocycles. The van der Waals surface area contributed by atoms with Gasteiger partial charge in [0.25, 0.3) is 0 Å². The highest BCUT2D eigenvalue weighted by molar-refractivity contribution is 5.56. The summed E-state index contributed by atoms with van der Waals surface area (Å²) in [6.45, 7) is 6.30. The Kier molecular flexibility index (Phi) is 5.29. The van der Waals surface area contributed by atoms with Gasteiger partial charge < -0.3 is 15.0 Å². The van der Waals surface area contributed by atoms with Gasteiger partial charge in [0.2, 0.25) is 0 Å². The summed E-state index contributed by atoms with van der Waals surface area (Å²) in [5, 5.41) is 3.17. The molecule has 0 saturated heterocycles. The van der Waals surface area contributed by atoms with Crippen molar-refractivity contribution in [2.45, 2.75) is 20.3 Å². The third-order valence-corrected chi connectivity index (χ3v) is 3.01. The highest BCUT2D eigenvalue weighted by Gasteiger charge is 2.07. The van der Waals surface area contributed by atoms with E-state index in [-0.39, 0.29) is 0 Å². The van der Waals surface area contributed by atoms with Gasteiger partial charge in [-0.1, -0.05) is 0 Å². The van der Waals surface area contributed by atoms with E-state index in [2.05, 4.69) is 43.2 Å². The average molecular weight is 236 g/mol.